The van der Waals surface area contributed by atoms with Gasteiger partial charge in [0.15, 0.2) is 0 Å². The topological polar surface area (TPSA) is 123 Å². The third-order valence-electron chi connectivity index (χ3n) is 4.43. The third-order valence-corrected chi connectivity index (χ3v) is 4.43. The number of carboxylic acid groups (broad SMARTS) is 1. The van der Waals surface area contributed by atoms with Gasteiger partial charge in [-0.1, -0.05) is 30.3 Å². The highest BCUT2D eigenvalue weighted by Gasteiger charge is 2.22. The highest BCUT2D eigenvalue weighted by Crippen LogP contribution is 2.24. The SMILES string of the molecule is COc1ccc(CNC(=O)CCC(NC(=O)OCc2ccccc2)C(=O)O)c(OC)c1. The number of carbonyl (C=O) groups excluding carboxylic acids is 2. The van der Waals surface area contributed by atoms with Crippen molar-refractivity contribution in [3.63, 3.8) is 0 Å². The van der Waals surface area contributed by atoms with Crippen LogP contribution in [0.4, 0.5) is 4.79 Å². The summed E-state index contributed by atoms with van der Waals surface area (Å²) in [6.45, 7) is 0.222. The van der Waals surface area contributed by atoms with Crippen molar-refractivity contribution in [2.75, 3.05) is 14.2 Å². The predicted octanol–water partition coefficient (Wildman–Crippen LogP) is 2.48. The molecule has 9 nitrogen and oxygen atoms in total. The molecule has 166 valence electrons. The van der Waals surface area contributed by atoms with E-state index in [0.717, 1.165) is 11.1 Å². The normalized spacial score (nSPS) is 11.2. The first-order valence-corrected chi connectivity index (χ1v) is 9.60. The molecule has 0 aliphatic rings. The molecule has 0 aromatic heterocycles. The Hall–Kier alpha value is -3.75. The molecule has 1 atom stereocenters. The average Bonchev–Trinajstić information content (AvgIpc) is 2.79. The predicted molar refractivity (Wildman–Crippen MR) is 112 cm³/mol. The maximum Gasteiger partial charge on any atom is 0.408 e. The summed E-state index contributed by atoms with van der Waals surface area (Å²) in [5, 5.41) is 14.3. The van der Waals surface area contributed by atoms with Gasteiger partial charge in [-0.05, 0) is 24.1 Å². The number of hydrogen-bond acceptors (Lipinski definition) is 6. The van der Waals surface area contributed by atoms with Crippen molar-refractivity contribution in [3.8, 4) is 11.5 Å². The maximum absolute atomic E-state index is 12.1. The third kappa shape index (κ3) is 7.88. The molecule has 3 N–H and O–H groups in total. The summed E-state index contributed by atoms with van der Waals surface area (Å²) in [6.07, 6.45) is -1.03. The minimum Gasteiger partial charge on any atom is -0.497 e. The van der Waals surface area contributed by atoms with Crippen molar-refractivity contribution in [1.29, 1.82) is 0 Å². The Morgan fingerprint density at radius 2 is 1.77 bits per heavy atom. The minimum atomic E-state index is -1.25. The number of amides is 2. The lowest BCUT2D eigenvalue weighted by Gasteiger charge is -2.15. The molecule has 9 heteroatoms. The number of benzene rings is 2. The van der Waals surface area contributed by atoms with Crippen LogP contribution in [0.1, 0.15) is 24.0 Å². The highest BCUT2D eigenvalue weighted by atomic mass is 16.5. The van der Waals surface area contributed by atoms with Crippen LogP contribution in [0.2, 0.25) is 0 Å². The summed E-state index contributed by atoms with van der Waals surface area (Å²) in [4.78, 5) is 35.5. The average molecular weight is 430 g/mol. The monoisotopic (exact) mass is 430 g/mol. The molecule has 0 aliphatic heterocycles. The fraction of sp³-hybridized carbons (Fsp3) is 0.318. The van der Waals surface area contributed by atoms with E-state index in [-0.39, 0.29) is 31.9 Å². The van der Waals surface area contributed by atoms with Crippen molar-refractivity contribution in [1.82, 2.24) is 10.6 Å². The Morgan fingerprint density at radius 3 is 2.42 bits per heavy atom. The van der Waals surface area contributed by atoms with Crippen LogP contribution in [-0.2, 0) is 27.5 Å². The van der Waals surface area contributed by atoms with E-state index in [1.807, 2.05) is 6.07 Å². The van der Waals surface area contributed by atoms with Gasteiger partial charge in [0.1, 0.15) is 24.1 Å². The van der Waals surface area contributed by atoms with Gasteiger partial charge >= 0.3 is 12.1 Å². The molecular formula is C22H26N2O7. The zero-order chi connectivity index (χ0) is 22.6. The second-order valence-electron chi connectivity index (χ2n) is 6.59. The van der Waals surface area contributed by atoms with E-state index in [2.05, 4.69) is 10.6 Å². The number of nitrogens with one attached hydrogen (secondary N) is 2. The molecule has 0 saturated heterocycles. The van der Waals surface area contributed by atoms with Crippen LogP contribution < -0.4 is 20.1 Å². The van der Waals surface area contributed by atoms with E-state index < -0.39 is 18.1 Å². The van der Waals surface area contributed by atoms with E-state index in [0.29, 0.717) is 11.5 Å². The van der Waals surface area contributed by atoms with Gasteiger partial charge in [-0.25, -0.2) is 9.59 Å². The van der Waals surface area contributed by atoms with Crippen LogP contribution in [-0.4, -0.2) is 43.3 Å². The van der Waals surface area contributed by atoms with Gasteiger partial charge in [0, 0.05) is 24.6 Å². The molecule has 0 bridgehead atoms. The zero-order valence-electron chi connectivity index (χ0n) is 17.4. The Morgan fingerprint density at radius 1 is 1.03 bits per heavy atom. The summed E-state index contributed by atoms with van der Waals surface area (Å²) in [7, 11) is 3.06. The van der Waals surface area contributed by atoms with Crippen LogP contribution in [0.25, 0.3) is 0 Å². The van der Waals surface area contributed by atoms with Crippen molar-refractivity contribution in [3.05, 3.63) is 59.7 Å². The van der Waals surface area contributed by atoms with Crippen molar-refractivity contribution in [2.24, 2.45) is 0 Å². The number of ether oxygens (including phenoxy) is 3. The summed E-state index contributed by atoms with van der Waals surface area (Å²) < 4.78 is 15.4. The molecule has 0 fully saturated rings. The number of aliphatic carboxylic acids is 1. The van der Waals surface area contributed by atoms with Gasteiger partial charge in [0.25, 0.3) is 0 Å². The smallest absolute Gasteiger partial charge is 0.408 e. The van der Waals surface area contributed by atoms with E-state index in [9.17, 15) is 19.5 Å². The second kappa shape index (κ2) is 12.1. The number of carbonyl (C=O) groups is 3. The van der Waals surface area contributed by atoms with E-state index >= 15 is 0 Å². The van der Waals surface area contributed by atoms with Crippen molar-refractivity contribution < 1.29 is 33.7 Å². The number of rotatable bonds is 11. The second-order valence-corrected chi connectivity index (χ2v) is 6.59. The van der Waals surface area contributed by atoms with Gasteiger partial charge in [0.2, 0.25) is 5.91 Å². The number of carboxylic acids is 1. The molecule has 0 saturated carbocycles. The highest BCUT2D eigenvalue weighted by molar-refractivity contribution is 5.81. The van der Waals surface area contributed by atoms with Gasteiger partial charge in [0.05, 0.1) is 14.2 Å². The molecule has 2 aromatic carbocycles. The van der Waals surface area contributed by atoms with E-state index in [1.165, 1.54) is 7.11 Å². The van der Waals surface area contributed by atoms with Crippen molar-refractivity contribution >= 4 is 18.0 Å². The molecule has 1 unspecified atom stereocenters. The lowest BCUT2D eigenvalue weighted by Crippen LogP contribution is -2.41. The number of hydrogen-bond donors (Lipinski definition) is 3. The Kier molecular flexibility index (Phi) is 9.15. The maximum atomic E-state index is 12.1. The van der Waals surface area contributed by atoms with Crippen LogP contribution in [0.5, 0.6) is 11.5 Å². The number of methoxy groups -OCH3 is 2. The molecule has 0 spiro atoms. The molecule has 0 aliphatic carbocycles. The van der Waals surface area contributed by atoms with Gasteiger partial charge in [-0.3, -0.25) is 4.79 Å². The standard InChI is InChI=1S/C22H26N2O7/c1-29-17-9-8-16(19(12-17)30-2)13-23-20(25)11-10-18(21(26)27)24-22(28)31-14-15-6-4-3-5-7-15/h3-9,12,18H,10-11,13-14H2,1-2H3,(H,23,25)(H,24,28)(H,26,27). The molecular weight excluding hydrogens is 404 g/mol. The first-order valence-electron chi connectivity index (χ1n) is 9.60. The summed E-state index contributed by atoms with van der Waals surface area (Å²) in [5.74, 6) is -0.419. The Balaban J connectivity index is 1.79. The molecule has 2 rings (SSSR count). The minimum absolute atomic E-state index is 0.0171. The Bertz CT molecular complexity index is 887. The lowest BCUT2D eigenvalue weighted by atomic mass is 10.1. The fourth-order valence-corrected chi connectivity index (χ4v) is 2.72. The van der Waals surface area contributed by atoms with E-state index in [1.54, 1.807) is 49.6 Å². The lowest BCUT2D eigenvalue weighted by molar-refractivity contribution is -0.139. The van der Waals surface area contributed by atoms with Crippen LogP contribution in [0.15, 0.2) is 48.5 Å². The first-order chi connectivity index (χ1) is 14.9. The largest absolute Gasteiger partial charge is 0.497 e. The van der Waals surface area contributed by atoms with Crippen LogP contribution in [0, 0.1) is 0 Å². The molecule has 2 amide bonds. The quantitative estimate of drug-likeness (QED) is 0.500. The molecule has 0 heterocycles. The van der Waals surface area contributed by atoms with Crippen LogP contribution in [0.3, 0.4) is 0 Å². The molecule has 0 radical (unpaired) electrons. The number of alkyl carbamates (subject to hydrolysis) is 1. The summed E-state index contributed by atoms with van der Waals surface area (Å²) in [6, 6.07) is 13.0. The molecule has 31 heavy (non-hydrogen) atoms. The van der Waals surface area contributed by atoms with Gasteiger partial charge in [-0.2, -0.15) is 0 Å². The summed E-state index contributed by atoms with van der Waals surface area (Å²) in [5.41, 5.74) is 1.52. The molecule has 2 aromatic rings. The van der Waals surface area contributed by atoms with Crippen molar-refractivity contribution in [2.45, 2.75) is 32.0 Å². The van der Waals surface area contributed by atoms with E-state index in [4.69, 9.17) is 14.2 Å². The Labute approximate surface area is 180 Å². The summed E-state index contributed by atoms with van der Waals surface area (Å²) >= 11 is 0. The van der Waals surface area contributed by atoms with Gasteiger partial charge in [-0.15, -0.1) is 0 Å². The first kappa shape index (κ1) is 23.5. The zero-order valence-corrected chi connectivity index (χ0v) is 17.4. The fourth-order valence-electron chi connectivity index (χ4n) is 2.72. The van der Waals surface area contributed by atoms with Gasteiger partial charge < -0.3 is 30.0 Å². The van der Waals surface area contributed by atoms with Crippen LogP contribution >= 0.6 is 0 Å².